The minimum atomic E-state index is -0.572. The summed E-state index contributed by atoms with van der Waals surface area (Å²) >= 11 is 22.6. The van der Waals surface area contributed by atoms with E-state index in [0.29, 0.717) is 42.3 Å². The fraction of sp³-hybridized carbons (Fsp3) is 0.115. The third-order valence-electron chi connectivity index (χ3n) is 5.23. The van der Waals surface area contributed by atoms with Gasteiger partial charge in [-0.3, -0.25) is 19.3 Å². The molecule has 0 bridgehead atoms. The lowest BCUT2D eigenvalue weighted by Gasteiger charge is -2.13. The highest BCUT2D eigenvalue weighted by atomic mass is 79.9. The Kier molecular flexibility index (Phi) is 9.27. The summed E-state index contributed by atoms with van der Waals surface area (Å²) in [7, 11) is 1.54. The molecule has 1 saturated heterocycles. The molecule has 0 saturated carbocycles. The predicted molar refractivity (Wildman–Crippen MR) is 154 cm³/mol. The van der Waals surface area contributed by atoms with Gasteiger partial charge in [0, 0.05) is 5.69 Å². The van der Waals surface area contributed by atoms with Crippen LogP contribution in [0.3, 0.4) is 0 Å². The van der Waals surface area contributed by atoms with Gasteiger partial charge in [0.2, 0.25) is 5.91 Å². The van der Waals surface area contributed by atoms with Crippen molar-refractivity contribution < 1.29 is 23.9 Å². The Morgan fingerprint density at radius 3 is 2.42 bits per heavy atom. The predicted octanol–water partition coefficient (Wildman–Crippen LogP) is 7.67. The summed E-state index contributed by atoms with van der Waals surface area (Å²) in [5.41, 5.74) is 1.88. The first-order valence-corrected chi connectivity index (χ1v) is 13.6. The second-order valence-electron chi connectivity index (χ2n) is 7.90. The van der Waals surface area contributed by atoms with E-state index in [1.54, 1.807) is 54.6 Å². The topological polar surface area (TPSA) is 84.9 Å². The molecule has 0 spiro atoms. The van der Waals surface area contributed by atoms with Gasteiger partial charge in [0.25, 0.3) is 11.1 Å². The summed E-state index contributed by atoms with van der Waals surface area (Å²) in [6, 6.07) is 15.2. The lowest BCUT2D eigenvalue weighted by Crippen LogP contribution is -2.36. The second-order valence-corrected chi connectivity index (χ2v) is 11.0. The normalized spacial score (nSPS) is 14.2. The maximum atomic E-state index is 12.9. The van der Waals surface area contributed by atoms with Gasteiger partial charge in [-0.2, -0.15) is 0 Å². The van der Waals surface area contributed by atoms with E-state index >= 15 is 0 Å². The largest absolute Gasteiger partial charge is 0.497 e. The van der Waals surface area contributed by atoms with Gasteiger partial charge >= 0.3 is 0 Å². The van der Waals surface area contributed by atoms with Crippen LogP contribution in [0.5, 0.6) is 11.5 Å². The zero-order valence-electron chi connectivity index (χ0n) is 19.6. The average Bonchev–Trinajstić information content (AvgIpc) is 3.13. The van der Waals surface area contributed by atoms with E-state index in [1.807, 2.05) is 0 Å². The van der Waals surface area contributed by atoms with Crippen molar-refractivity contribution in [1.82, 2.24) is 4.90 Å². The van der Waals surface area contributed by atoms with Crippen molar-refractivity contribution >= 4 is 91.3 Å². The highest BCUT2D eigenvalue weighted by Gasteiger charge is 2.36. The van der Waals surface area contributed by atoms with Crippen LogP contribution in [0.2, 0.25) is 15.1 Å². The summed E-state index contributed by atoms with van der Waals surface area (Å²) in [6.07, 6.45) is 1.53. The van der Waals surface area contributed by atoms with Gasteiger partial charge in [-0.1, -0.05) is 40.9 Å². The lowest BCUT2D eigenvalue weighted by atomic mass is 10.2. The van der Waals surface area contributed by atoms with Crippen LogP contribution in [0.15, 0.2) is 64.0 Å². The van der Waals surface area contributed by atoms with Crippen LogP contribution < -0.4 is 14.8 Å². The van der Waals surface area contributed by atoms with Crippen molar-refractivity contribution in [2.45, 2.75) is 6.61 Å². The minimum absolute atomic E-state index is 0.166. The molecule has 0 aliphatic carbocycles. The quantitative estimate of drug-likeness (QED) is 0.251. The molecule has 1 aliphatic rings. The van der Waals surface area contributed by atoms with Crippen molar-refractivity contribution in [3.05, 3.63) is 90.2 Å². The van der Waals surface area contributed by atoms with Crippen LogP contribution >= 0.6 is 62.5 Å². The van der Waals surface area contributed by atoms with Crippen molar-refractivity contribution in [2.75, 3.05) is 19.0 Å². The van der Waals surface area contributed by atoms with Crippen LogP contribution in [0, 0.1) is 0 Å². The number of halogens is 4. The van der Waals surface area contributed by atoms with E-state index in [1.165, 1.54) is 13.2 Å². The van der Waals surface area contributed by atoms with E-state index in [9.17, 15) is 14.4 Å². The van der Waals surface area contributed by atoms with Gasteiger partial charge < -0.3 is 14.8 Å². The number of hydrogen-bond donors (Lipinski definition) is 1. The van der Waals surface area contributed by atoms with Gasteiger partial charge in [0.05, 0.1) is 31.6 Å². The van der Waals surface area contributed by atoms with E-state index in [4.69, 9.17) is 44.3 Å². The number of thioether (sulfide) groups is 1. The number of carbonyl (C=O) groups excluding carboxylic acids is 3. The van der Waals surface area contributed by atoms with E-state index < -0.39 is 23.6 Å². The molecule has 38 heavy (non-hydrogen) atoms. The Bertz CT molecular complexity index is 1430. The van der Waals surface area contributed by atoms with Crippen LogP contribution in [0.25, 0.3) is 6.08 Å². The molecule has 1 fully saturated rings. The zero-order chi connectivity index (χ0) is 27.4. The van der Waals surface area contributed by atoms with Crippen molar-refractivity contribution in [1.29, 1.82) is 0 Å². The zero-order valence-corrected chi connectivity index (χ0v) is 24.3. The molecule has 3 aromatic rings. The molecule has 0 unspecified atom stereocenters. The molecule has 1 N–H and O–H groups in total. The molecule has 196 valence electrons. The minimum Gasteiger partial charge on any atom is -0.497 e. The number of nitrogens with zero attached hydrogens (tertiary/aromatic N) is 1. The standard InChI is InChI=1S/C26H18BrCl3N2O5S/c1-36-17-5-3-16(4-6-17)31-23(33)12-32-25(34)22(38-26(32)35)11-15-8-18(27)24(21(30)10-15)37-13-14-2-7-19(28)20(29)9-14/h2-11H,12-13H2,1H3,(H,31,33)/b22-11+. The number of hydrogen-bond acceptors (Lipinski definition) is 6. The third kappa shape index (κ3) is 6.84. The molecule has 0 aromatic heterocycles. The van der Waals surface area contributed by atoms with Gasteiger partial charge in [-0.25, -0.2) is 0 Å². The highest BCUT2D eigenvalue weighted by molar-refractivity contribution is 9.10. The first-order chi connectivity index (χ1) is 18.1. The van der Waals surface area contributed by atoms with Crippen LogP contribution in [-0.4, -0.2) is 35.6 Å². The molecule has 3 amide bonds. The number of methoxy groups -OCH3 is 1. The maximum Gasteiger partial charge on any atom is 0.294 e. The summed E-state index contributed by atoms with van der Waals surface area (Å²) in [5, 5.41) is 3.27. The molecule has 7 nitrogen and oxygen atoms in total. The number of anilines is 1. The number of ether oxygens (including phenoxy) is 2. The summed E-state index contributed by atoms with van der Waals surface area (Å²) < 4.78 is 11.5. The van der Waals surface area contributed by atoms with Gasteiger partial charge in [0.15, 0.2) is 5.75 Å². The van der Waals surface area contributed by atoms with Gasteiger partial charge in [-0.05, 0) is 93.4 Å². The summed E-state index contributed by atoms with van der Waals surface area (Å²) in [6.45, 7) is -0.216. The van der Waals surface area contributed by atoms with Gasteiger partial charge in [-0.15, -0.1) is 0 Å². The number of rotatable bonds is 8. The van der Waals surface area contributed by atoms with Crippen LogP contribution in [0.4, 0.5) is 10.5 Å². The third-order valence-corrected chi connectivity index (χ3v) is 7.75. The molecule has 3 aromatic carbocycles. The molecular formula is C26H18BrCl3N2O5S. The monoisotopic (exact) mass is 654 g/mol. The summed E-state index contributed by atoms with van der Waals surface area (Å²) in [5.74, 6) is -0.0415. The Morgan fingerprint density at radius 1 is 1.03 bits per heavy atom. The fourth-order valence-electron chi connectivity index (χ4n) is 3.39. The summed E-state index contributed by atoms with van der Waals surface area (Å²) in [4.78, 5) is 38.8. The van der Waals surface area contributed by atoms with Crippen molar-refractivity contribution in [3.63, 3.8) is 0 Å². The fourth-order valence-corrected chi connectivity index (χ4v) is 5.54. The molecule has 0 radical (unpaired) electrons. The number of carbonyl (C=O) groups is 3. The highest BCUT2D eigenvalue weighted by Crippen LogP contribution is 2.38. The van der Waals surface area contributed by atoms with Crippen LogP contribution in [-0.2, 0) is 16.2 Å². The Hall–Kier alpha value is -2.69. The molecule has 0 atom stereocenters. The SMILES string of the molecule is COc1ccc(NC(=O)CN2C(=O)S/C(=C/c3cc(Cl)c(OCc4ccc(Cl)c(Cl)c4)c(Br)c3)C2=O)cc1. The van der Waals surface area contributed by atoms with E-state index in [0.717, 1.165) is 22.2 Å². The Balaban J connectivity index is 1.42. The molecule has 1 heterocycles. The van der Waals surface area contributed by atoms with E-state index in [2.05, 4.69) is 21.2 Å². The maximum absolute atomic E-state index is 12.9. The molecule has 12 heteroatoms. The van der Waals surface area contributed by atoms with Crippen molar-refractivity contribution in [2.24, 2.45) is 0 Å². The van der Waals surface area contributed by atoms with Crippen LogP contribution in [0.1, 0.15) is 11.1 Å². The van der Waals surface area contributed by atoms with Gasteiger partial charge in [0.1, 0.15) is 18.9 Å². The first kappa shape index (κ1) is 28.3. The van der Waals surface area contributed by atoms with Crippen molar-refractivity contribution in [3.8, 4) is 11.5 Å². The Labute approximate surface area is 246 Å². The molecule has 4 rings (SSSR count). The smallest absolute Gasteiger partial charge is 0.294 e. The number of imide groups is 1. The molecule has 1 aliphatic heterocycles. The average molecular weight is 657 g/mol. The number of benzene rings is 3. The lowest BCUT2D eigenvalue weighted by molar-refractivity contribution is -0.127. The molecular weight excluding hydrogens is 639 g/mol. The first-order valence-electron chi connectivity index (χ1n) is 10.9. The van der Waals surface area contributed by atoms with E-state index in [-0.39, 0.29) is 11.5 Å². The second kappa shape index (κ2) is 12.4. The number of nitrogens with one attached hydrogen (secondary N) is 1. The number of amides is 3. The Morgan fingerprint density at radius 2 is 1.76 bits per heavy atom.